The van der Waals surface area contributed by atoms with E-state index < -0.39 is 24.2 Å². The van der Waals surface area contributed by atoms with E-state index in [-0.39, 0.29) is 5.92 Å². The Hall–Kier alpha value is -0.780. The highest BCUT2D eigenvalue weighted by Crippen LogP contribution is 2.17. The van der Waals surface area contributed by atoms with E-state index in [0.29, 0.717) is 6.42 Å². The van der Waals surface area contributed by atoms with E-state index in [9.17, 15) is 23.1 Å². The average Bonchev–Trinajstić information content (AvgIpc) is 1.95. The maximum absolute atomic E-state index is 11.8. The lowest BCUT2D eigenvalue weighted by Gasteiger charge is -2.25. The molecule has 3 nitrogen and oxygen atoms in total. The Morgan fingerprint density at radius 3 is 2.20 bits per heavy atom. The summed E-state index contributed by atoms with van der Waals surface area (Å²) in [7, 11) is 0. The number of alkyl halides is 3. The summed E-state index contributed by atoms with van der Waals surface area (Å²) in [4.78, 5) is 10.4. The lowest BCUT2D eigenvalue weighted by atomic mass is 9.94. The van der Waals surface area contributed by atoms with Gasteiger partial charge >= 0.3 is 12.1 Å². The molecule has 1 amide bonds. The van der Waals surface area contributed by atoms with Crippen molar-refractivity contribution in [1.29, 1.82) is 0 Å². The van der Waals surface area contributed by atoms with Crippen LogP contribution in [-0.4, -0.2) is 29.3 Å². The minimum Gasteiger partial charge on any atom is -0.388 e. The number of aliphatic hydroxyl groups is 1. The monoisotopic (exact) mass is 227 g/mol. The Morgan fingerprint density at radius 1 is 1.40 bits per heavy atom. The summed E-state index contributed by atoms with van der Waals surface area (Å²) < 4.78 is 35.4. The molecular weight excluding hydrogens is 211 g/mol. The van der Waals surface area contributed by atoms with Crippen molar-refractivity contribution in [2.75, 3.05) is 6.54 Å². The van der Waals surface area contributed by atoms with E-state index in [1.54, 1.807) is 5.32 Å². The molecule has 0 saturated carbocycles. The first-order chi connectivity index (χ1) is 6.54. The summed E-state index contributed by atoms with van der Waals surface area (Å²) in [5.74, 6) is -1.88. The van der Waals surface area contributed by atoms with Crippen molar-refractivity contribution < 1.29 is 23.1 Å². The highest BCUT2D eigenvalue weighted by molar-refractivity contribution is 5.81. The molecule has 0 aromatic rings. The van der Waals surface area contributed by atoms with Crippen molar-refractivity contribution in [2.24, 2.45) is 5.92 Å². The standard InChI is InChI=1S/C9H16F3NO2/c1-6(2)4-8(3,15)5-13-7(14)9(10,11)12/h6,15H,4-5H2,1-3H3,(H,13,14). The lowest BCUT2D eigenvalue weighted by molar-refractivity contribution is -0.174. The van der Waals surface area contributed by atoms with Gasteiger partial charge < -0.3 is 10.4 Å². The first-order valence-corrected chi connectivity index (χ1v) is 4.62. The minimum absolute atomic E-state index is 0.141. The molecule has 1 atom stereocenters. The van der Waals surface area contributed by atoms with Crippen LogP contribution in [0.3, 0.4) is 0 Å². The fourth-order valence-electron chi connectivity index (χ4n) is 1.32. The Kier molecular flexibility index (Phi) is 4.58. The molecule has 0 aromatic carbocycles. The molecule has 0 spiro atoms. The topological polar surface area (TPSA) is 49.3 Å². The number of amides is 1. The van der Waals surface area contributed by atoms with Gasteiger partial charge in [-0.2, -0.15) is 13.2 Å². The van der Waals surface area contributed by atoms with E-state index in [1.807, 2.05) is 13.8 Å². The Labute approximate surface area is 86.7 Å². The van der Waals surface area contributed by atoms with Gasteiger partial charge in [-0.05, 0) is 19.3 Å². The molecule has 6 heteroatoms. The number of carbonyl (C=O) groups excluding carboxylic acids is 1. The van der Waals surface area contributed by atoms with Crippen molar-refractivity contribution >= 4 is 5.91 Å². The predicted octanol–water partition coefficient (Wildman–Crippen LogP) is 1.46. The molecule has 0 radical (unpaired) electrons. The quantitative estimate of drug-likeness (QED) is 0.764. The predicted molar refractivity (Wildman–Crippen MR) is 49.1 cm³/mol. The zero-order valence-corrected chi connectivity index (χ0v) is 8.98. The number of rotatable bonds is 4. The van der Waals surface area contributed by atoms with Crippen LogP contribution in [0.5, 0.6) is 0 Å². The van der Waals surface area contributed by atoms with Gasteiger partial charge in [0.05, 0.1) is 5.60 Å². The molecular formula is C9H16F3NO2. The van der Waals surface area contributed by atoms with Crippen LogP contribution in [0.2, 0.25) is 0 Å². The molecule has 90 valence electrons. The summed E-state index contributed by atoms with van der Waals surface area (Å²) in [6, 6.07) is 0. The molecule has 15 heavy (non-hydrogen) atoms. The van der Waals surface area contributed by atoms with E-state index in [1.165, 1.54) is 6.92 Å². The Balaban J connectivity index is 4.10. The third-order valence-electron chi connectivity index (χ3n) is 1.74. The number of hydrogen-bond donors (Lipinski definition) is 2. The first kappa shape index (κ1) is 14.2. The van der Waals surface area contributed by atoms with Crippen LogP contribution in [-0.2, 0) is 4.79 Å². The van der Waals surface area contributed by atoms with Gasteiger partial charge in [-0.15, -0.1) is 0 Å². The molecule has 0 aliphatic heterocycles. The number of halogens is 3. The molecule has 0 rings (SSSR count). The normalized spacial score (nSPS) is 16.3. The van der Waals surface area contributed by atoms with Crippen LogP contribution in [0.1, 0.15) is 27.2 Å². The van der Waals surface area contributed by atoms with Gasteiger partial charge in [0.25, 0.3) is 0 Å². The average molecular weight is 227 g/mol. The Morgan fingerprint density at radius 2 is 1.87 bits per heavy atom. The second kappa shape index (κ2) is 4.83. The van der Waals surface area contributed by atoms with E-state index in [0.717, 1.165) is 0 Å². The van der Waals surface area contributed by atoms with E-state index in [4.69, 9.17) is 0 Å². The SMILES string of the molecule is CC(C)CC(C)(O)CNC(=O)C(F)(F)F. The second-order valence-electron chi connectivity index (χ2n) is 4.28. The summed E-state index contributed by atoms with van der Waals surface area (Å²) in [6.45, 7) is 4.66. The highest BCUT2D eigenvalue weighted by Gasteiger charge is 2.39. The van der Waals surface area contributed by atoms with Gasteiger partial charge in [0.15, 0.2) is 0 Å². The molecule has 0 fully saturated rings. The molecule has 0 aliphatic rings. The summed E-state index contributed by atoms with van der Waals surface area (Å²) in [5.41, 5.74) is -1.31. The number of nitrogens with one attached hydrogen (secondary N) is 1. The molecule has 0 aromatic heterocycles. The zero-order valence-electron chi connectivity index (χ0n) is 8.98. The lowest BCUT2D eigenvalue weighted by Crippen LogP contribution is -2.46. The molecule has 0 aliphatic carbocycles. The largest absolute Gasteiger partial charge is 0.471 e. The van der Waals surface area contributed by atoms with E-state index >= 15 is 0 Å². The fraction of sp³-hybridized carbons (Fsp3) is 0.889. The van der Waals surface area contributed by atoms with Crippen molar-refractivity contribution in [3.63, 3.8) is 0 Å². The zero-order chi connectivity index (χ0) is 12.3. The van der Waals surface area contributed by atoms with Crippen LogP contribution < -0.4 is 5.32 Å². The van der Waals surface area contributed by atoms with Crippen molar-refractivity contribution in [3.05, 3.63) is 0 Å². The second-order valence-corrected chi connectivity index (χ2v) is 4.28. The molecule has 0 heterocycles. The first-order valence-electron chi connectivity index (χ1n) is 4.62. The van der Waals surface area contributed by atoms with Gasteiger partial charge in [-0.1, -0.05) is 13.8 Å². The van der Waals surface area contributed by atoms with Crippen molar-refractivity contribution in [3.8, 4) is 0 Å². The number of hydrogen-bond acceptors (Lipinski definition) is 2. The van der Waals surface area contributed by atoms with Gasteiger partial charge in [-0.25, -0.2) is 0 Å². The van der Waals surface area contributed by atoms with Crippen LogP contribution >= 0.6 is 0 Å². The van der Waals surface area contributed by atoms with Gasteiger partial charge in [0, 0.05) is 6.54 Å². The maximum atomic E-state index is 11.8. The molecule has 1 unspecified atom stereocenters. The van der Waals surface area contributed by atoms with Crippen LogP contribution in [0.25, 0.3) is 0 Å². The van der Waals surface area contributed by atoms with Crippen LogP contribution in [0.4, 0.5) is 13.2 Å². The van der Waals surface area contributed by atoms with Gasteiger partial charge in [0.2, 0.25) is 0 Å². The third-order valence-corrected chi connectivity index (χ3v) is 1.74. The summed E-state index contributed by atoms with van der Waals surface area (Å²) in [6.07, 6.45) is -4.57. The minimum atomic E-state index is -4.89. The molecule has 0 bridgehead atoms. The Bertz CT molecular complexity index is 224. The maximum Gasteiger partial charge on any atom is 0.471 e. The van der Waals surface area contributed by atoms with Gasteiger partial charge in [0.1, 0.15) is 0 Å². The fourth-order valence-corrected chi connectivity index (χ4v) is 1.32. The smallest absolute Gasteiger partial charge is 0.388 e. The van der Waals surface area contributed by atoms with E-state index in [2.05, 4.69) is 0 Å². The van der Waals surface area contributed by atoms with Crippen molar-refractivity contribution in [2.45, 2.75) is 39.0 Å². The molecule has 2 N–H and O–H groups in total. The molecule has 0 saturated heterocycles. The third kappa shape index (κ3) is 6.33. The van der Waals surface area contributed by atoms with Crippen LogP contribution in [0, 0.1) is 5.92 Å². The van der Waals surface area contributed by atoms with Crippen molar-refractivity contribution in [1.82, 2.24) is 5.32 Å². The summed E-state index contributed by atoms with van der Waals surface area (Å²) >= 11 is 0. The summed E-state index contributed by atoms with van der Waals surface area (Å²) in [5, 5.41) is 11.3. The van der Waals surface area contributed by atoms with Gasteiger partial charge in [-0.3, -0.25) is 4.79 Å². The number of carbonyl (C=O) groups is 1. The highest BCUT2D eigenvalue weighted by atomic mass is 19.4. The van der Waals surface area contributed by atoms with Crippen LogP contribution in [0.15, 0.2) is 0 Å².